The number of nitrogens with one attached hydrogen (secondary N) is 1. The average molecular weight is 229 g/mol. The van der Waals surface area contributed by atoms with Crippen LogP contribution in [0.15, 0.2) is 9.59 Å². The van der Waals surface area contributed by atoms with Crippen molar-refractivity contribution in [2.24, 2.45) is 0 Å². The van der Waals surface area contributed by atoms with Gasteiger partial charge < -0.3 is 10.0 Å². The fourth-order valence-electron chi connectivity index (χ4n) is 1.98. The lowest BCUT2D eigenvalue weighted by molar-refractivity contribution is 0.323. The van der Waals surface area contributed by atoms with E-state index in [2.05, 4.69) is 0 Å². The highest BCUT2D eigenvalue weighted by atomic mass is 19.1. The maximum Gasteiger partial charge on any atom is 0.331 e. The van der Waals surface area contributed by atoms with Gasteiger partial charge in [-0.05, 0) is 20.0 Å². The summed E-state index contributed by atoms with van der Waals surface area (Å²) in [7, 11) is 1.87. The van der Waals surface area contributed by atoms with Gasteiger partial charge in [0.25, 0.3) is 5.56 Å². The highest BCUT2D eigenvalue weighted by Crippen LogP contribution is 2.22. The minimum atomic E-state index is -1.31. The molecule has 1 aliphatic rings. The number of aromatic nitrogens is 2. The Morgan fingerprint density at radius 2 is 2.19 bits per heavy atom. The highest BCUT2D eigenvalue weighted by molar-refractivity contribution is 5.11. The number of H-pyrrole nitrogens is 1. The minimum absolute atomic E-state index is 0.302. The molecule has 0 spiro atoms. The lowest BCUT2D eigenvalue weighted by atomic mass is 10.2. The van der Waals surface area contributed by atoms with E-state index in [4.69, 9.17) is 0 Å². The molecule has 2 N–H and O–H groups in total. The summed E-state index contributed by atoms with van der Waals surface area (Å²) in [6, 6.07) is -0.302. The molecule has 1 unspecified atom stereocenters. The van der Waals surface area contributed by atoms with Crippen molar-refractivity contribution in [3.63, 3.8) is 0 Å². The standard InChI is InChI=1S/C9H12FN3O3/c1-12-3-2-5(4-12)13-8(15)6(10)7(14)11-9(13)16/h5,15H,2-4H2,1H3,(H,11,14,16). The van der Waals surface area contributed by atoms with E-state index < -0.39 is 22.9 Å². The number of likely N-dealkylation sites (tertiary alicyclic amines) is 1. The zero-order valence-electron chi connectivity index (χ0n) is 8.73. The predicted octanol–water partition coefficient (Wildman–Crippen LogP) is -0.742. The second-order valence-corrected chi connectivity index (χ2v) is 3.97. The highest BCUT2D eigenvalue weighted by Gasteiger charge is 2.26. The summed E-state index contributed by atoms with van der Waals surface area (Å²) < 4.78 is 14.1. The molecule has 2 rings (SSSR count). The molecule has 0 bridgehead atoms. The van der Waals surface area contributed by atoms with Gasteiger partial charge in [-0.15, -0.1) is 0 Å². The summed E-state index contributed by atoms with van der Waals surface area (Å²) >= 11 is 0. The van der Waals surface area contributed by atoms with E-state index in [1.54, 1.807) is 0 Å². The van der Waals surface area contributed by atoms with Crippen molar-refractivity contribution in [2.75, 3.05) is 20.1 Å². The SMILES string of the molecule is CN1CCC(n2c(O)c(F)c(=O)[nH]c2=O)C1. The van der Waals surface area contributed by atoms with Gasteiger partial charge in [-0.3, -0.25) is 14.3 Å². The Hall–Kier alpha value is -1.63. The molecule has 88 valence electrons. The zero-order chi connectivity index (χ0) is 11.9. The van der Waals surface area contributed by atoms with E-state index in [1.165, 1.54) is 0 Å². The van der Waals surface area contributed by atoms with Gasteiger partial charge in [0.2, 0.25) is 11.7 Å². The van der Waals surface area contributed by atoms with Crippen molar-refractivity contribution in [1.82, 2.24) is 14.5 Å². The van der Waals surface area contributed by atoms with Crippen molar-refractivity contribution >= 4 is 0 Å². The van der Waals surface area contributed by atoms with Crippen LogP contribution < -0.4 is 11.2 Å². The monoisotopic (exact) mass is 229 g/mol. The Morgan fingerprint density at radius 3 is 2.75 bits per heavy atom. The van der Waals surface area contributed by atoms with Crippen LogP contribution in [-0.2, 0) is 0 Å². The number of rotatable bonds is 1. The van der Waals surface area contributed by atoms with Gasteiger partial charge in [0.15, 0.2) is 0 Å². The molecule has 0 aromatic carbocycles. The average Bonchev–Trinajstić information content (AvgIpc) is 2.61. The maximum absolute atomic E-state index is 13.2. The normalized spacial score (nSPS) is 21.5. The Labute approximate surface area is 89.9 Å². The van der Waals surface area contributed by atoms with Crippen molar-refractivity contribution < 1.29 is 9.50 Å². The summed E-state index contributed by atoms with van der Waals surface area (Å²) in [6.45, 7) is 1.30. The molecule has 2 heterocycles. The summed E-state index contributed by atoms with van der Waals surface area (Å²) in [4.78, 5) is 26.1. The number of halogens is 1. The summed E-state index contributed by atoms with van der Waals surface area (Å²) in [6.07, 6.45) is 0.634. The molecule has 1 atom stereocenters. The first-order valence-electron chi connectivity index (χ1n) is 4.92. The van der Waals surface area contributed by atoms with Crippen LogP contribution in [0.3, 0.4) is 0 Å². The van der Waals surface area contributed by atoms with Crippen molar-refractivity contribution in [1.29, 1.82) is 0 Å². The third-order valence-corrected chi connectivity index (χ3v) is 2.79. The van der Waals surface area contributed by atoms with Crippen molar-refractivity contribution in [2.45, 2.75) is 12.5 Å². The fourth-order valence-corrected chi connectivity index (χ4v) is 1.98. The topological polar surface area (TPSA) is 78.3 Å². The molecular formula is C9H12FN3O3. The lowest BCUT2D eigenvalue weighted by Crippen LogP contribution is -2.35. The van der Waals surface area contributed by atoms with Gasteiger partial charge in [-0.1, -0.05) is 0 Å². The number of hydrogen-bond donors (Lipinski definition) is 2. The van der Waals surface area contributed by atoms with E-state index in [0.717, 1.165) is 11.1 Å². The summed E-state index contributed by atoms with van der Waals surface area (Å²) in [5, 5.41) is 9.46. The first-order chi connectivity index (χ1) is 7.50. The minimum Gasteiger partial charge on any atom is -0.492 e. The molecule has 0 amide bonds. The van der Waals surface area contributed by atoms with Crippen LogP contribution in [0.25, 0.3) is 0 Å². The van der Waals surface area contributed by atoms with E-state index in [0.29, 0.717) is 13.0 Å². The third-order valence-electron chi connectivity index (χ3n) is 2.79. The Balaban J connectivity index is 2.53. The predicted molar refractivity (Wildman–Crippen MR) is 54.1 cm³/mol. The Bertz CT molecular complexity index is 522. The van der Waals surface area contributed by atoms with E-state index >= 15 is 0 Å². The van der Waals surface area contributed by atoms with Crippen molar-refractivity contribution in [3.05, 3.63) is 26.7 Å². The van der Waals surface area contributed by atoms with Crippen LogP contribution in [0.5, 0.6) is 5.88 Å². The first kappa shape index (κ1) is 10.9. The van der Waals surface area contributed by atoms with Crippen LogP contribution in [0.1, 0.15) is 12.5 Å². The first-order valence-corrected chi connectivity index (χ1v) is 4.92. The van der Waals surface area contributed by atoms with E-state index in [9.17, 15) is 19.1 Å². The van der Waals surface area contributed by atoms with E-state index in [-0.39, 0.29) is 6.04 Å². The van der Waals surface area contributed by atoms with Crippen LogP contribution >= 0.6 is 0 Å². The van der Waals surface area contributed by atoms with Crippen LogP contribution in [-0.4, -0.2) is 39.7 Å². The molecule has 0 aliphatic carbocycles. The molecule has 0 saturated carbocycles. The molecule has 1 aromatic rings. The number of likely N-dealkylation sites (N-methyl/N-ethyl adjacent to an activating group) is 1. The van der Waals surface area contributed by atoms with Gasteiger partial charge in [-0.2, -0.15) is 4.39 Å². The van der Waals surface area contributed by atoms with Gasteiger partial charge >= 0.3 is 5.69 Å². The third kappa shape index (κ3) is 1.63. The zero-order valence-corrected chi connectivity index (χ0v) is 8.73. The van der Waals surface area contributed by atoms with E-state index in [1.807, 2.05) is 16.9 Å². The lowest BCUT2D eigenvalue weighted by Gasteiger charge is -2.15. The van der Waals surface area contributed by atoms with Crippen LogP contribution in [0.2, 0.25) is 0 Å². The van der Waals surface area contributed by atoms with Crippen LogP contribution in [0.4, 0.5) is 4.39 Å². The van der Waals surface area contributed by atoms with Crippen LogP contribution in [0, 0.1) is 5.82 Å². The molecule has 7 heteroatoms. The molecule has 1 aromatic heterocycles. The quantitative estimate of drug-likeness (QED) is 0.664. The number of hydrogen-bond acceptors (Lipinski definition) is 4. The largest absolute Gasteiger partial charge is 0.492 e. The Kier molecular flexibility index (Phi) is 2.55. The van der Waals surface area contributed by atoms with Gasteiger partial charge in [0.05, 0.1) is 6.04 Å². The smallest absolute Gasteiger partial charge is 0.331 e. The molecular weight excluding hydrogens is 217 g/mol. The summed E-state index contributed by atoms with van der Waals surface area (Å²) in [5.74, 6) is -2.19. The number of aromatic hydroxyl groups is 1. The van der Waals surface area contributed by atoms with Gasteiger partial charge in [-0.25, -0.2) is 4.79 Å². The molecule has 1 aliphatic heterocycles. The van der Waals surface area contributed by atoms with Gasteiger partial charge in [0, 0.05) is 6.54 Å². The number of aromatic amines is 1. The molecule has 6 nitrogen and oxygen atoms in total. The maximum atomic E-state index is 13.2. The molecule has 1 fully saturated rings. The fraction of sp³-hybridized carbons (Fsp3) is 0.556. The summed E-state index contributed by atoms with van der Waals surface area (Å²) in [5.41, 5.74) is -1.96. The molecule has 0 radical (unpaired) electrons. The second-order valence-electron chi connectivity index (χ2n) is 3.97. The molecule has 16 heavy (non-hydrogen) atoms. The number of nitrogens with zero attached hydrogens (tertiary/aromatic N) is 2. The van der Waals surface area contributed by atoms with Gasteiger partial charge in [0.1, 0.15) is 0 Å². The molecule has 1 saturated heterocycles. The second kappa shape index (κ2) is 3.75. The van der Waals surface area contributed by atoms with Crippen molar-refractivity contribution in [3.8, 4) is 5.88 Å². The Morgan fingerprint density at radius 1 is 1.50 bits per heavy atom.